The molecule has 1 aromatic carbocycles. The van der Waals surface area contributed by atoms with Crippen molar-refractivity contribution in [2.24, 2.45) is 16.5 Å². The minimum atomic E-state index is -1.06. The van der Waals surface area contributed by atoms with E-state index in [9.17, 15) is 24.0 Å². The Hall–Kier alpha value is -4.20. The topological polar surface area (TPSA) is 174 Å². The molecule has 5 atom stereocenters. The van der Waals surface area contributed by atoms with Gasteiger partial charge in [-0.1, -0.05) is 39.3 Å². The van der Waals surface area contributed by atoms with E-state index in [2.05, 4.69) is 21.1 Å². The van der Waals surface area contributed by atoms with Crippen LogP contribution in [0.2, 0.25) is 0 Å². The summed E-state index contributed by atoms with van der Waals surface area (Å²) >= 11 is 0. The molecule has 2 aliphatic carbocycles. The van der Waals surface area contributed by atoms with Crippen LogP contribution in [0.4, 0.5) is 0 Å². The number of carbonyl (C=O) groups excluding carboxylic acids is 5. The summed E-state index contributed by atoms with van der Waals surface area (Å²) in [6.07, 6.45) is 8.15. The van der Waals surface area contributed by atoms with E-state index >= 15 is 0 Å². The predicted octanol–water partition coefficient (Wildman–Crippen LogP) is 3.57. The third-order valence-corrected chi connectivity index (χ3v) is 11.2. The lowest BCUT2D eigenvalue weighted by molar-refractivity contribution is -0.145. The third kappa shape index (κ3) is 9.35. The number of nitrogens with zero attached hydrogens (tertiary/aromatic N) is 2. The van der Waals surface area contributed by atoms with Gasteiger partial charge in [0.15, 0.2) is 17.1 Å². The normalized spacial score (nSPS) is 25.1. The second-order valence-corrected chi connectivity index (χ2v) is 16.8. The average molecular weight is 752 g/mol. The number of benzene rings is 1. The van der Waals surface area contributed by atoms with Crippen LogP contribution in [0.3, 0.4) is 0 Å². The predicted molar refractivity (Wildman–Crippen MR) is 199 cm³/mol. The summed E-state index contributed by atoms with van der Waals surface area (Å²) in [6.45, 7) is 8.59. The number of amides is 4. The van der Waals surface area contributed by atoms with E-state index in [1.54, 1.807) is 7.11 Å². The molecule has 0 unspecified atom stereocenters. The fourth-order valence-electron chi connectivity index (χ4n) is 7.93. The highest BCUT2D eigenvalue weighted by Crippen LogP contribution is 2.41. The van der Waals surface area contributed by atoms with Crippen molar-refractivity contribution < 1.29 is 43.0 Å². The summed E-state index contributed by atoms with van der Waals surface area (Å²) in [7, 11) is 1.60. The van der Waals surface area contributed by atoms with Gasteiger partial charge in [0.05, 0.1) is 31.5 Å². The van der Waals surface area contributed by atoms with Gasteiger partial charge in [-0.2, -0.15) is 0 Å². The highest BCUT2D eigenvalue weighted by atomic mass is 16.7. The van der Waals surface area contributed by atoms with Gasteiger partial charge in [0.1, 0.15) is 12.1 Å². The Morgan fingerprint density at radius 2 is 1.80 bits per heavy atom. The van der Waals surface area contributed by atoms with Gasteiger partial charge < -0.3 is 39.9 Å². The van der Waals surface area contributed by atoms with Crippen molar-refractivity contribution in [1.29, 1.82) is 0 Å². The van der Waals surface area contributed by atoms with Crippen LogP contribution in [0.1, 0.15) is 110 Å². The SMILES string of the molecule is CCC[C@H](NC(=O)[C@@H]1C[C@]2(CC(c3ccc(OC)c(OC4CCCC4)c3)=NO2)CN1C(=O)[C@@H](NC(=O)C[C@H]1CCOC1)C(C)(C)C)C(=O)C(=O)NC1CC1. The number of nitrogens with one attached hydrogen (secondary N) is 3. The van der Waals surface area contributed by atoms with E-state index in [4.69, 9.17) is 19.0 Å². The number of hydrogen-bond acceptors (Lipinski definition) is 10. The monoisotopic (exact) mass is 751 g/mol. The molecule has 296 valence electrons. The van der Waals surface area contributed by atoms with Crippen molar-refractivity contribution in [2.45, 2.75) is 141 Å². The first-order chi connectivity index (χ1) is 25.8. The molecule has 0 bridgehead atoms. The van der Waals surface area contributed by atoms with E-state index in [0.717, 1.165) is 50.5 Å². The molecule has 0 radical (unpaired) electrons. The number of ether oxygens (including phenoxy) is 3. The molecule has 3 N–H and O–H groups in total. The van der Waals surface area contributed by atoms with E-state index in [-0.39, 0.29) is 49.8 Å². The molecule has 14 heteroatoms. The molecule has 4 fully saturated rings. The maximum Gasteiger partial charge on any atom is 0.289 e. The van der Waals surface area contributed by atoms with Gasteiger partial charge in [-0.05, 0) is 80.9 Å². The number of likely N-dealkylation sites (tertiary alicyclic amines) is 1. The minimum absolute atomic E-state index is 0.0160. The molecule has 4 amide bonds. The Kier molecular flexibility index (Phi) is 12.2. The van der Waals surface area contributed by atoms with Gasteiger partial charge in [-0.3, -0.25) is 24.0 Å². The Labute approximate surface area is 317 Å². The van der Waals surface area contributed by atoms with Crippen LogP contribution in [0.25, 0.3) is 0 Å². The van der Waals surface area contributed by atoms with Crippen LogP contribution in [0, 0.1) is 11.3 Å². The van der Waals surface area contributed by atoms with E-state index in [1.807, 2.05) is 45.9 Å². The molecular formula is C40H57N5O9. The first kappa shape index (κ1) is 39.5. The molecule has 0 aromatic heterocycles. The Morgan fingerprint density at radius 3 is 2.44 bits per heavy atom. The standard InChI is InChI=1S/C40H57N5O9/c1-6-9-28(34(47)37(49)41-26-13-14-26)42-36(48)30-21-40(23-45(30)38(50)35(39(2,3)4)43-33(46)18-24-16-17-52-22-24)20-29(44-54-40)25-12-15-31(51-5)32(19-25)53-27-10-7-8-11-27/h12,15,19,24,26-28,30,35H,6-11,13-14,16-18,20-23H2,1-5H3,(H,41,49)(H,42,48)(H,43,46)/t24-,28+,30+,35-,40-/m1/s1. The summed E-state index contributed by atoms with van der Waals surface area (Å²) in [4.78, 5) is 76.0. The van der Waals surface area contributed by atoms with Gasteiger partial charge in [-0.15, -0.1) is 0 Å². The lowest BCUT2D eigenvalue weighted by atomic mass is 9.85. The second-order valence-electron chi connectivity index (χ2n) is 16.8. The molecule has 6 rings (SSSR count). The third-order valence-electron chi connectivity index (χ3n) is 11.2. The van der Waals surface area contributed by atoms with Crippen molar-refractivity contribution in [3.05, 3.63) is 23.8 Å². The Bertz CT molecular complexity index is 1610. The highest BCUT2D eigenvalue weighted by Gasteiger charge is 2.56. The molecule has 3 aliphatic heterocycles. The molecule has 5 aliphatic rings. The number of ketones is 1. The van der Waals surface area contributed by atoms with Crippen molar-refractivity contribution in [3.63, 3.8) is 0 Å². The molecule has 1 spiro atoms. The van der Waals surface area contributed by atoms with Gasteiger partial charge in [0.2, 0.25) is 23.5 Å². The number of hydrogen-bond donors (Lipinski definition) is 3. The van der Waals surface area contributed by atoms with Crippen molar-refractivity contribution in [1.82, 2.24) is 20.9 Å². The zero-order valence-electron chi connectivity index (χ0n) is 32.4. The summed E-state index contributed by atoms with van der Waals surface area (Å²) in [5, 5.41) is 13.0. The van der Waals surface area contributed by atoms with E-state index in [0.29, 0.717) is 43.3 Å². The molecule has 2 saturated carbocycles. The number of oxime groups is 1. The van der Waals surface area contributed by atoms with Crippen molar-refractivity contribution in [2.75, 3.05) is 26.9 Å². The maximum atomic E-state index is 14.7. The fourth-order valence-corrected chi connectivity index (χ4v) is 7.93. The maximum absolute atomic E-state index is 14.7. The molecule has 14 nitrogen and oxygen atoms in total. The molecule has 3 heterocycles. The Balaban J connectivity index is 1.24. The fraction of sp³-hybridized carbons (Fsp3) is 0.700. The number of methoxy groups -OCH3 is 1. The van der Waals surface area contributed by atoms with Crippen LogP contribution >= 0.6 is 0 Å². The smallest absolute Gasteiger partial charge is 0.289 e. The molecular weight excluding hydrogens is 694 g/mol. The minimum Gasteiger partial charge on any atom is -0.493 e. The molecule has 2 saturated heterocycles. The van der Waals surface area contributed by atoms with E-state index in [1.165, 1.54) is 4.90 Å². The van der Waals surface area contributed by atoms with Gasteiger partial charge in [0, 0.05) is 44.1 Å². The van der Waals surface area contributed by atoms with Gasteiger partial charge in [0.25, 0.3) is 5.91 Å². The van der Waals surface area contributed by atoms with Crippen LogP contribution in [-0.2, 0) is 33.5 Å². The van der Waals surface area contributed by atoms with E-state index < -0.39 is 52.6 Å². The van der Waals surface area contributed by atoms with Crippen LogP contribution < -0.4 is 25.4 Å². The largest absolute Gasteiger partial charge is 0.493 e. The molecule has 54 heavy (non-hydrogen) atoms. The van der Waals surface area contributed by atoms with Crippen LogP contribution in [0.5, 0.6) is 11.5 Å². The molecule has 1 aromatic rings. The average Bonchev–Trinajstić information content (AvgIpc) is 3.58. The first-order valence-electron chi connectivity index (χ1n) is 19.7. The zero-order valence-corrected chi connectivity index (χ0v) is 32.4. The lowest BCUT2D eigenvalue weighted by Crippen LogP contribution is -2.59. The Morgan fingerprint density at radius 1 is 1.04 bits per heavy atom. The summed E-state index contributed by atoms with van der Waals surface area (Å²) < 4.78 is 17.4. The quantitative estimate of drug-likeness (QED) is 0.227. The van der Waals surface area contributed by atoms with Gasteiger partial charge in [-0.25, -0.2) is 0 Å². The second kappa shape index (κ2) is 16.7. The van der Waals surface area contributed by atoms with Crippen molar-refractivity contribution >= 4 is 35.1 Å². The number of carbonyl (C=O) groups is 5. The zero-order chi connectivity index (χ0) is 38.6. The summed E-state index contributed by atoms with van der Waals surface area (Å²) in [6, 6.07) is 2.52. The lowest BCUT2D eigenvalue weighted by Gasteiger charge is -2.36. The van der Waals surface area contributed by atoms with Crippen LogP contribution in [-0.4, -0.2) is 103 Å². The van der Waals surface area contributed by atoms with Crippen LogP contribution in [0.15, 0.2) is 23.4 Å². The highest BCUT2D eigenvalue weighted by molar-refractivity contribution is 6.38. The van der Waals surface area contributed by atoms with Crippen molar-refractivity contribution in [3.8, 4) is 11.5 Å². The first-order valence-corrected chi connectivity index (χ1v) is 19.7. The number of Topliss-reactive ketones (excluding diaryl/α,β-unsaturated/α-hetero) is 1. The summed E-state index contributed by atoms with van der Waals surface area (Å²) in [5.41, 5.74) is -0.357. The summed E-state index contributed by atoms with van der Waals surface area (Å²) in [5.74, 6) is -1.38. The van der Waals surface area contributed by atoms with Gasteiger partial charge >= 0.3 is 0 Å². The number of rotatable bonds is 15.